The molecule has 0 aromatic carbocycles. The molecule has 0 radical (unpaired) electrons. The van der Waals surface area contributed by atoms with E-state index >= 15 is 0 Å². The summed E-state index contributed by atoms with van der Waals surface area (Å²) in [5, 5.41) is 18.5. The normalized spacial score (nSPS) is 14.3. The van der Waals surface area contributed by atoms with Gasteiger partial charge < -0.3 is 14.8 Å². The maximum atomic E-state index is 11.3. The van der Waals surface area contributed by atoms with E-state index < -0.39 is 12.0 Å². The lowest BCUT2D eigenvalue weighted by molar-refractivity contribution is -0.142. The Morgan fingerprint density at radius 3 is 2.59 bits per heavy atom. The highest BCUT2D eigenvalue weighted by Gasteiger charge is 2.28. The van der Waals surface area contributed by atoms with Gasteiger partial charge in [0.2, 0.25) is 0 Å². The average Bonchev–Trinajstić information content (AvgIpc) is 2.71. The Hall–Kier alpha value is -1.62. The Morgan fingerprint density at radius 2 is 2.18 bits per heavy atom. The van der Waals surface area contributed by atoms with Crippen molar-refractivity contribution in [2.45, 2.75) is 32.9 Å². The minimum atomic E-state index is -0.992. The predicted molar refractivity (Wildman–Crippen MR) is 61.9 cm³/mol. The Balaban J connectivity index is 3.30. The first-order valence-corrected chi connectivity index (χ1v) is 5.55. The Labute approximate surface area is 99.7 Å². The summed E-state index contributed by atoms with van der Waals surface area (Å²) >= 11 is 0. The molecular weight excluding hydrogens is 223 g/mol. The summed E-state index contributed by atoms with van der Waals surface area (Å²) < 4.78 is 1.41. The molecule has 0 fully saturated rings. The number of aliphatic hydroxyl groups is 1. The minimum Gasteiger partial charge on any atom is -0.480 e. The van der Waals surface area contributed by atoms with Gasteiger partial charge >= 0.3 is 5.97 Å². The number of carbonyl (C=O) groups is 2. The van der Waals surface area contributed by atoms with Gasteiger partial charge in [0.25, 0.3) is 0 Å². The fourth-order valence-corrected chi connectivity index (χ4v) is 1.90. The third kappa shape index (κ3) is 2.55. The lowest BCUT2D eigenvalue weighted by Crippen LogP contribution is -2.28. The van der Waals surface area contributed by atoms with Crippen molar-refractivity contribution >= 4 is 12.3 Å². The maximum absolute atomic E-state index is 11.3. The maximum Gasteiger partial charge on any atom is 0.326 e. The number of hydrogen-bond donors (Lipinski definition) is 2. The highest BCUT2D eigenvalue weighted by Crippen LogP contribution is 2.25. The zero-order chi connectivity index (χ0) is 13.0. The average molecular weight is 240 g/mol. The molecule has 0 amide bonds. The molecule has 0 saturated carbocycles. The van der Waals surface area contributed by atoms with E-state index in [2.05, 4.69) is 0 Å². The zero-order valence-electron chi connectivity index (χ0n) is 9.96. The highest BCUT2D eigenvalue weighted by molar-refractivity contribution is 5.77. The molecule has 0 aliphatic rings. The lowest BCUT2D eigenvalue weighted by atomic mass is 9.99. The summed E-state index contributed by atoms with van der Waals surface area (Å²) in [5.74, 6) is -1.11. The van der Waals surface area contributed by atoms with Crippen LogP contribution in [0.25, 0.3) is 0 Å². The summed E-state index contributed by atoms with van der Waals surface area (Å²) in [5.41, 5.74) is 0.724. The van der Waals surface area contributed by atoms with Gasteiger partial charge in [-0.15, -0.1) is 0 Å². The third-order valence-corrected chi connectivity index (χ3v) is 3.03. The SMILES string of the molecule is CCC(C)C(C(=O)O)n1c(CO)ccc1[13CH]=O. The number of nitrogens with zero attached hydrogens (tertiary/aromatic N) is 1. The topological polar surface area (TPSA) is 79.5 Å². The quantitative estimate of drug-likeness (QED) is 0.583. The molecule has 1 heterocycles. The lowest BCUT2D eigenvalue weighted by Gasteiger charge is -2.23. The second-order valence-electron chi connectivity index (χ2n) is 4.06. The van der Waals surface area contributed by atoms with Crippen molar-refractivity contribution in [3.63, 3.8) is 0 Å². The number of aliphatic carboxylic acids is 1. The van der Waals surface area contributed by atoms with Crippen molar-refractivity contribution in [3.05, 3.63) is 23.5 Å². The van der Waals surface area contributed by atoms with Crippen molar-refractivity contribution in [2.24, 2.45) is 5.92 Å². The Kier molecular flexibility index (Phi) is 4.45. The van der Waals surface area contributed by atoms with Crippen molar-refractivity contribution in [3.8, 4) is 0 Å². The van der Waals surface area contributed by atoms with Crippen LogP contribution in [-0.4, -0.2) is 27.0 Å². The van der Waals surface area contributed by atoms with Crippen LogP contribution in [-0.2, 0) is 11.4 Å². The number of carboxylic acid groups (broad SMARTS) is 1. The molecular formula is C12H17NO4. The molecule has 0 saturated heterocycles. The Bertz CT molecular complexity index is 411. The van der Waals surface area contributed by atoms with Gasteiger partial charge in [0.1, 0.15) is 6.04 Å². The molecule has 2 N–H and O–H groups in total. The first-order chi connectivity index (χ1) is 8.06. The zero-order valence-corrected chi connectivity index (χ0v) is 9.96. The molecule has 0 aliphatic heterocycles. The number of rotatable bonds is 6. The smallest absolute Gasteiger partial charge is 0.326 e. The van der Waals surface area contributed by atoms with Crippen LogP contribution in [0.3, 0.4) is 0 Å². The molecule has 1 aromatic rings. The van der Waals surface area contributed by atoms with Crippen LogP contribution < -0.4 is 0 Å². The van der Waals surface area contributed by atoms with Crippen LogP contribution in [0.15, 0.2) is 12.1 Å². The van der Waals surface area contributed by atoms with E-state index in [1.54, 1.807) is 6.07 Å². The summed E-state index contributed by atoms with van der Waals surface area (Å²) in [7, 11) is 0. The van der Waals surface area contributed by atoms with Crippen molar-refractivity contribution < 1.29 is 19.8 Å². The van der Waals surface area contributed by atoms with Crippen LogP contribution in [0.2, 0.25) is 0 Å². The second-order valence-corrected chi connectivity index (χ2v) is 4.06. The van der Waals surface area contributed by atoms with Gasteiger partial charge in [-0.3, -0.25) is 4.79 Å². The van der Waals surface area contributed by atoms with E-state index in [9.17, 15) is 19.8 Å². The van der Waals surface area contributed by atoms with Crippen LogP contribution in [0.4, 0.5) is 0 Å². The molecule has 1 rings (SSSR count). The van der Waals surface area contributed by atoms with Crippen LogP contribution in [0, 0.1) is 5.92 Å². The van der Waals surface area contributed by atoms with E-state index in [1.165, 1.54) is 10.6 Å². The fraction of sp³-hybridized carbons (Fsp3) is 0.500. The first kappa shape index (κ1) is 13.4. The molecule has 5 nitrogen and oxygen atoms in total. The second kappa shape index (κ2) is 5.63. The molecule has 0 aliphatic carbocycles. The fourth-order valence-electron chi connectivity index (χ4n) is 1.90. The highest BCUT2D eigenvalue weighted by atomic mass is 16.4. The van der Waals surface area contributed by atoms with E-state index in [0.29, 0.717) is 18.4 Å². The predicted octanol–water partition coefficient (Wildman–Crippen LogP) is 1.46. The van der Waals surface area contributed by atoms with Gasteiger partial charge in [-0.05, 0) is 18.1 Å². The molecule has 2 unspecified atom stereocenters. The monoisotopic (exact) mass is 240 g/mol. The van der Waals surface area contributed by atoms with Gasteiger partial charge in [0.05, 0.1) is 12.3 Å². The molecule has 0 spiro atoms. The molecule has 0 bridgehead atoms. The van der Waals surface area contributed by atoms with E-state index in [0.717, 1.165) is 0 Å². The number of aliphatic hydroxyl groups excluding tert-OH is 1. The van der Waals surface area contributed by atoms with Gasteiger partial charge in [-0.1, -0.05) is 20.3 Å². The minimum absolute atomic E-state index is 0.121. The number of carboxylic acids is 1. The van der Waals surface area contributed by atoms with E-state index in [1.807, 2.05) is 13.8 Å². The number of carbonyl (C=O) groups excluding carboxylic acids is 1. The number of hydrogen-bond acceptors (Lipinski definition) is 3. The van der Waals surface area contributed by atoms with Crippen LogP contribution in [0.1, 0.15) is 42.5 Å². The number of aldehydes is 1. The molecule has 2 atom stereocenters. The van der Waals surface area contributed by atoms with Gasteiger partial charge in [0, 0.05) is 5.69 Å². The van der Waals surface area contributed by atoms with Gasteiger partial charge in [-0.25, -0.2) is 4.79 Å². The van der Waals surface area contributed by atoms with Crippen LogP contribution >= 0.6 is 0 Å². The first-order valence-electron chi connectivity index (χ1n) is 5.55. The summed E-state index contributed by atoms with van der Waals surface area (Å²) in [6.07, 6.45) is 1.29. The molecule has 94 valence electrons. The summed E-state index contributed by atoms with van der Waals surface area (Å²) in [6.45, 7) is 3.42. The number of aromatic nitrogens is 1. The van der Waals surface area contributed by atoms with E-state index in [4.69, 9.17) is 0 Å². The summed E-state index contributed by atoms with van der Waals surface area (Å²) in [6, 6.07) is 2.27. The van der Waals surface area contributed by atoms with Crippen LogP contribution in [0.5, 0.6) is 0 Å². The third-order valence-electron chi connectivity index (χ3n) is 3.03. The molecule has 1 aromatic heterocycles. The van der Waals surface area contributed by atoms with Crippen molar-refractivity contribution in [1.29, 1.82) is 0 Å². The van der Waals surface area contributed by atoms with Crippen molar-refractivity contribution in [1.82, 2.24) is 4.57 Å². The van der Waals surface area contributed by atoms with Gasteiger partial charge in [-0.2, -0.15) is 0 Å². The molecule has 5 heteroatoms. The standard InChI is InChI=1S/C12H17NO4/c1-3-8(2)11(12(16)17)13-9(6-14)4-5-10(13)7-15/h4-6,8,11,15H,3,7H2,1-2H3,(H,16,17)/i6+1. The molecule has 17 heavy (non-hydrogen) atoms. The Morgan fingerprint density at radius 1 is 1.53 bits per heavy atom. The largest absolute Gasteiger partial charge is 0.480 e. The van der Waals surface area contributed by atoms with E-state index in [-0.39, 0.29) is 18.2 Å². The summed E-state index contributed by atoms with van der Waals surface area (Å²) in [4.78, 5) is 22.2. The van der Waals surface area contributed by atoms with Crippen molar-refractivity contribution in [2.75, 3.05) is 0 Å². The van der Waals surface area contributed by atoms with Gasteiger partial charge in [0.15, 0.2) is 6.29 Å².